The topological polar surface area (TPSA) is 57.4 Å². The zero-order valence-electron chi connectivity index (χ0n) is 34.3. The zero-order chi connectivity index (χ0) is 41.9. The van der Waals surface area contributed by atoms with Gasteiger partial charge in [-0.1, -0.05) is 146 Å². The van der Waals surface area contributed by atoms with Gasteiger partial charge in [0.15, 0.2) is 0 Å². The molecule has 0 N–H and O–H groups in total. The van der Waals surface area contributed by atoms with Gasteiger partial charge in [-0.05, 0) is 118 Å². The van der Waals surface area contributed by atoms with Crippen LogP contribution in [0.2, 0.25) is 0 Å². The van der Waals surface area contributed by atoms with Crippen LogP contribution >= 0.6 is 0 Å². The molecule has 0 saturated heterocycles. The molecule has 0 atom stereocenters. The molecule has 11 aromatic rings. The lowest BCUT2D eigenvalue weighted by Gasteiger charge is -2.22. The molecule has 0 saturated carbocycles. The minimum absolute atomic E-state index is 0.486. The summed E-state index contributed by atoms with van der Waals surface area (Å²) in [5.74, 6) is 0. The van der Waals surface area contributed by atoms with E-state index < -0.39 is 0 Å². The molecule has 4 heteroatoms. The first-order valence-corrected chi connectivity index (χ1v) is 20.9. The number of rotatable bonds is 6. The number of fused-ring (bicyclic) bond motifs is 6. The third kappa shape index (κ3) is 5.74. The van der Waals surface area contributed by atoms with E-state index in [1.165, 1.54) is 0 Å². The Kier molecular flexibility index (Phi) is 8.67. The largest absolute Gasteiger partial charge is 0.308 e. The summed E-state index contributed by atoms with van der Waals surface area (Å²) in [5, 5.41) is 26.6. The monoisotopic (exact) mass is 790 g/mol. The van der Waals surface area contributed by atoms with E-state index in [1.54, 1.807) is 0 Å². The molecule has 9 aromatic carbocycles. The van der Waals surface area contributed by atoms with Gasteiger partial charge in [-0.25, -0.2) is 0 Å². The Morgan fingerprint density at radius 1 is 0.306 bits per heavy atom. The molecule has 0 unspecified atom stereocenters. The normalized spacial score (nSPS) is 11.4. The maximum absolute atomic E-state index is 11.1. The third-order valence-corrected chi connectivity index (χ3v) is 12.6. The number of hydrogen-bond acceptors (Lipinski definition) is 2. The van der Waals surface area contributed by atoms with Crippen molar-refractivity contribution < 1.29 is 0 Å². The van der Waals surface area contributed by atoms with Crippen LogP contribution in [0.15, 0.2) is 194 Å². The Balaban J connectivity index is 1.24. The van der Waals surface area contributed by atoms with E-state index in [-0.39, 0.29) is 0 Å². The van der Waals surface area contributed by atoms with Gasteiger partial charge in [-0.2, -0.15) is 10.5 Å². The summed E-state index contributed by atoms with van der Waals surface area (Å²) in [6.07, 6.45) is 0. The van der Waals surface area contributed by atoms with Crippen molar-refractivity contribution in [2.24, 2.45) is 0 Å². The van der Waals surface area contributed by atoms with Crippen molar-refractivity contribution in [1.29, 1.82) is 10.5 Å². The maximum Gasteiger partial charge on any atom is 0.102 e. The van der Waals surface area contributed by atoms with Crippen LogP contribution in [-0.4, -0.2) is 9.13 Å². The zero-order valence-corrected chi connectivity index (χ0v) is 34.3. The molecule has 0 aliphatic heterocycles. The summed E-state index contributed by atoms with van der Waals surface area (Å²) in [7, 11) is 0. The second-order valence-corrected chi connectivity index (χ2v) is 16.0. The first-order valence-electron chi connectivity index (χ1n) is 20.9. The first kappa shape index (κ1) is 36.6. The standard InChI is InChI=1S/C58H38N4/c1-37-51(35-59)57(61-53-27-23-43(39-15-7-3-8-16-39)31-47(53)48-32-44(24-28-54(48)61)40-17-9-4-10-18-40)38(2)58(52(37)36-60)62-55-29-25-45(41-19-11-5-12-20-41)33-49(55)50-34-46(26-30-56(50)62)42-21-13-6-14-22-42/h3-34H,1-2H3. The van der Waals surface area contributed by atoms with Gasteiger partial charge in [0.2, 0.25) is 0 Å². The van der Waals surface area contributed by atoms with Crippen molar-refractivity contribution in [3.05, 3.63) is 216 Å². The summed E-state index contributed by atoms with van der Waals surface area (Å²) in [4.78, 5) is 0. The highest BCUT2D eigenvalue weighted by Gasteiger charge is 2.27. The van der Waals surface area contributed by atoms with Crippen LogP contribution in [0.1, 0.15) is 22.3 Å². The number of aromatic nitrogens is 2. The molecule has 0 aliphatic rings. The predicted octanol–water partition coefficient (Wildman–Crippen LogP) is 14.9. The highest BCUT2D eigenvalue weighted by Crippen LogP contribution is 2.44. The van der Waals surface area contributed by atoms with Crippen molar-refractivity contribution in [2.75, 3.05) is 0 Å². The fourth-order valence-corrected chi connectivity index (χ4v) is 9.57. The van der Waals surface area contributed by atoms with E-state index in [4.69, 9.17) is 0 Å². The maximum atomic E-state index is 11.1. The number of nitrogens with zero attached hydrogens (tertiary/aromatic N) is 4. The fraction of sp³-hybridized carbons (Fsp3) is 0.0345. The van der Waals surface area contributed by atoms with Crippen molar-refractivity contribution >= 4 is 43.6 Å². The van der Waals surface area contributed by atoms with E-state index in [0.717, 1.165) is 105 Å². The van der Waals surface area contributed by atoms with Gasteiger partial charge in [0.1, 0.15) is 12.1 Å². The van der Waals surface area contributed by atoms with Crippen LogP contribution in [0.25, 0.3) is 99.5 Å². The summed E-state index contributed by atoms with van der Waals surface area (Å²) < 4.78 is 4.52. The van der Waals surface area contributed by atoms with Crippen molar-refractivity contribution in [3.8, 4) is 68.0 Å². The highest BCUT2D eigenvalue weighted by atomic mass is 15.0. The minimum Gasteiger partial charge on any atom is -0.308 e. The lowest BCUT2D eigenvalue weighted by molar-refractivity contribution is 1.07. The summed E-state index contributed by atoms with van der Waals surface area (Å²) in [6.45, 7) is 4.00. The van der Waals surface area contributed by atoms with Gasteiger partial charge in [0.05, 0.1) is 44.6 Å². The molecule has 11 rings (SSSR count). The van der Waals surface area contributed by atoms with Crippen LogP contribution in [0.5, 0.6) is 0 Å². The Morgan fingerprint density at radius 2 is 0.565 bits per heavy atom. The average Bonchev–Trinajstić information content (AvgIpc) is 3.83. The fourth-order valence-electron chi connectivity index (χ4n) is 9.57. The number of benzene rings is 9. The lowest BCUT2D eigenvalue weighted by atomic mass is 9.94. The molecule has 0 amide bonds. The van der Waals surface area contributed by atoms with Gasteiger partial charge in [-0.15, -0.1) is 0 Å². The summed E-state index contributed by atoms with van der Waals surface area (Å²) in [5.41, 5.74) is 17.0. The van der Waals surface area contributed by atoms with Crippen LogP contribution in [0.3, 0.4) is 0 Å². The van der Waals surface area contributed by atoms with Crippen LogP contribution in [-0.2, 0) is 0 Å². The minimum atomic E-state index is 0.486. The van der Waals surface area contributed by atoms with Gasteiger partial charge in [0.25, 0.3) is 0 Å². The smallest absolute Gasteiger partial charge is 0.102 e. The van der Waals surface area contributed by atoms with Crippen molar-refractivity contribution in [2.45, 2.75) is 13.8 Å². The molecule has 0 fully saturated rings. The molecule has 2 aromatic heterocycles. The molecule has 290 valence electrons. The SMILES string of the molecule is Cc1c(C#N)c(-n2c3ccc(-c4ccccc4)cc3c3cc(-c4ccccc4)ccc32)c(C)c(-n2c3ccc(-c4ccccc4)cc3c3cc(-c4ccccc4)ccc32)c1C#N. The second kappa shape index (κ2) is 14.7. The van der Waals surface area contributed by atoms with E-state index in [9.17, 15) is 10.5 Å². The van der Waals surface area contributed by atoms with Gasteiger partial charge in [-0.3, -0.25) is 0 Å². The Morgan fingerprint density at radius 3 is 0.806 bits per heavy atom. The second-order valence-electron chi connectivity index (χ2n) is 16.0. The van der Waals surface area contributed by atoms with Crippen LogP contribution in [0.4, 0.5) is 0 Å². The average molecular weight is 791 g/mol. The molecular formula is C58H38N4. The lowest BCUT2D eigenvalue weighted by Crippen LogP contribution is -2.11. The molecular weight excluding hydrogens is 753 g/mol. The molecule has 4 nitrogen and oxygen atoms in total. The van der Waals surface area contributed by atoms with E-state index in [1.807, 2.05) is 31.2 Å². The Labute approximate surface area is 360 Å². The number of nitriles is 2. The van der Waals surface area contributed by atoms with Gasteiger partial charge in [0, 0.05) is 21.5 Å². The third-order valence-electron chi connectivity index (χ3n) is 12.6. The van der Waals surface area contributed by atoms with E-state index >= 15 is 0 Å². The molecule has 2 heterocycles. The molecule has 62 heavy (non-hydrogen) atoms. The molecule has 0 radical (unpaired) electrons. The van der Waals surface area contributed by atoms with Crippen LogP contribution < -0.4 is 0 Å². The summed E-state index contributed by atoms with van der Waals surface area (Å²) >= 11 is 0. The highest BCUT2D eigenvalue weighted by molar-refractivity contribution is 6.14. The molecule has 0 aliphatic carbocycles. The van der Waals surface area contributed by atoms with Crippen molar-refractivity contribution in [3.63, 3.8) is 0 Å². The van der Waals surface area contributed by atoms with E-state index in [0.29, 0.717) is 16.7 Å². The quantitative estimate of drug-likeness (QED) is 0.168. The Hall–Kier alpha value is -8.44. The number of hydrogen-bond donors (Lipinski definition) is 0. The van der Waals surface area contributed by atoms with Gasteiger partial charge < -0.3 is 9.13 Å². The Bertz CT molecular complexity index is 3210. The van der Waals surface area contributed by atoms with Crippen LogP contribution in [0, 0.1) is 36.5 Å². The molecule has 0 bridgehead atoms. The van der Waals surface area contributed by atoms with Crippen molar-refractivity contribution in [1.82, 2.24) is 9.13 Å². The van der Waals surface area contributed by atoms with Gasteiger partial charge >= 0.3 is 0 Å². The molecule has 0 spiro atoms. The summed E-state index contributed by atoms with van der Waals surface area (Å²) in [6, 6.07) is 73.5. The van der Waals surface area contributed by atoms with E-state index in [2.05, 4.69) is 198 Å². The first-order chi connectivity index (χ1) is 30.5. The predicted molar refractivity (Wildman–Crippen MR) is 256 cm³/mol.